The lowest BCUT2D eigenvalue weighted by Crippen LogP contribution is -2.10. The summed E-state index contributed by atoms with van der Waals surface area (Å²) in [5.41, 5.74) is 1.42. The molecule has 0 radical (unpaired) electrons. The van der Waals surface area contributed by atoms with Crippen molar-refractivity contribution in [1.29, 1.82) is 0 Å². The molecule has 0 aromatic heterocycles. The van der Waals surface area contributed by atoms with Crippen LogP contribution in [-0.4, -0.2) is 40.1 Å². The first-order valence-corrected chi connectivity index (χ1v) is 10.0. The molecule has 1 N–H and O–H groups in total. The molecule has 1 aliphatic heterocycles. The average molecular weight is 465 g/mol. The topological polar surface area (TPSA) is 93.0 Å². The number of ketones is 1. The number of halogens is 2. The number of rotatable bonds is 5. The number of esters is 1. The molecule has 6 nitrogen and oxygen atoms in total. The van der Waals surface area contributed by atoms with Crippen LogP contribution < -0.4 is 0 Å². The first kappa shape index (κ1) is 25.9. The van der Waals surface area contributed by atoms with E-state index in [2.05, 4.69) is 11.4 Å². The highest BCUT2D eigenvalue weighted by atomic mass is 35.5. The van der Waals surface area contributed by atoms with E-state index in [0.717, 1.165) is 5.56 Å². The van der Waals surface area contributed by atoms with Gasteiger partial charge in [-0.05, 0) is 19.1 Å². The van der Waals surface area contributed by atoms with E-state index in [4.69, 9.17) is 34.4 Å². The number of carbonyl (C=O) groups is 3. The van der Waals surface area contributed by atoms with E-state index in [9.17, 15) is 14.4 Å². The van der Waals surface area contributed by atoms with Crippen molar-refractivity contribution in [1.82, 2.24) is 0 Å². The van der Waals surface area contributed by atoms with Crippen LogP contribution in [0.4, 0.5) is 0 Å². The first-order chi connectivity index (χ1) is 15.3. The number of carboxylic acid groups (broad SMARTS) is 1. The lowest BCUT2D eigenvalue weighted by Gasteiger charge is -1.97. The molecule has 0 aliphatic carbocycles. The Kier molecular flexibility index (Phi) is 13.9. The second kappa shape index (κ2) is 16.6. The maximum absolute atomic E-state index is 11.3. The molecule has 0 spiro atoms. The number of Topliss-reactive ketones (excluding diaryl/α,β-unsaturated/α-hetero) is 1. The second-order valence-electron chi connectivity index (χ2n) is 5.68. The number of carbonyl (C=O) groups excluding carboxylic acids is 2. The Morgan fingerprint density at radius 2 is 1.58 bits per heavy atom. The van der Waals surface area contributed by atoms with Crippen LogP contribution in [0.1, 0.15) is 37.1 Å². The van der Waals surface area contributed by atoms with Gasteiger partial charge in [-0.3, -0.25) is 9.59 Å². The highest BCUT2D eigenvalue weighted by molar-refractivity contribution is 6.40. The van der Waals surface area contributed by atoms with Gasteiger partial charge in [0.25, 0.3) is 0 Å². The Labute approximate surface area is 193 Å². The minimum atomic E-state index is -0.940. The van der Waals surface area contributed by atoms with E-state index in [1.807, 2.05) is 36.4 Å². The fourth-order valence-corrected chi connectivity index (χ4v) is 2.14. The van der Waals surface area contributed by atoms with Crippen molar-refractivity contribution >= 4 is 46.8 Å². The van der Waals surface area contributed by atoms with Gasteiger partial charge >= 0.3 is 11.9 Å². The summed E-state index contributed by atoms with van der Waals surface area (Å²) in [7, 11) is 0. The van der Waals surface area contributed by atoms with E-state index in [-0.39, 0.29) is 36.0 Å². The summed E-state index contributed by atoms with van der Waals surface area (Å²) in [6, 6.07) is 17.7. The Balaban J connectivity index is 0.000000483. The fraction of sp³-hybridized carbons (Fsp3) is 0.217. The van der Waals surface area contributed by atoms with Crippen LogP contribution >= 0.6 is 23.2 Å². The summed E-state index contributed by atoms with van der Waals surface area (Å²) < 4.78 is 10.7. The number of carboxylic acids is 1. The number of cyclic esters (lactones) is 1. The highest BCUT2D eigenvalue weighted by Crippen LogP contribution is 2.12. The normalized spacial score (nSPS) is 13.7. The summed E-state index contributed by atoms with van der Waals surface area (Å²) in [6.45, 7) is 1.72. The third kappa shape index (κ3) is 11.6. The first-order valence-electron chi connectivity index (χ1n) is 9.44. The lowest BCUT2D eigenvalue weighted by atomic mass is 10.1. The van der Waals surface area contributed by atoms with Crippen molar-refractivity contribution in [2.75, 3.05) is 5.34 Å². The van der Waals surface area contributed by atoms with Crippen molar-refractivity contribution in [2.45, 2.75) is 25.8 Å². The Morgan fingerprint density at radius 3 is 2.00 bits per heavy atom. The van der Waals surface area contributed by atoms with Gasteiger partial charge in [-0.25, -0.2) is 9.79 Å². The van der Waals surface area contributed by atoms with Gasteiger partial charge in [-0.2, -0.15) is 0 Å². The van der Waals surface area contributed by atoms with Crippen molar-refractivity contribution < 1.29 is 25.6 Å². The van der Waals surface area contributed by atoms with Gasteiger partial charge in [0.05, 0.1) is 11.8 Å². The maximum atomic E-state index is 11.3. The van der Waals surface area contributed by atoms with Gasteiger partial charge < -0.3 is 9.84 Å². The number of hydrogen-bond acceptors (Lipinski definition) is 5. The number of nitrogens with zero attached hydrogens (tertiary/aromatic N) is 1. The van der Waals surface area contributed by atoms with Crippen LogP contribution in [0.2, 0.25) is 0 Å². The minimum Gasteiger partial charge on any atom is -0.481 e. The molecule has 164 valence electrons. The number of aliphatic imine (C=N–C) groups is 1. The number of aliphatic carboxylic acids is 1. The highest BCUT2D eigenvalue weighted by Gasteiger charge is 2.25. The molecular weight excluding hydrogens is 441 g/mol. The molecule has 1 atom stereocenters. The van der Waals surface area contributed by atoms with Crippen LogP contribution in [0.5, 0.6) is 0 Å². The van der Waals surface area contributed by atoms with Crippen LogP contribution in [0, 0.1) is 12.8 Å². The number of hydrogen-bond donors (Lipinski definition) is 1. The number of benzene rings is 2. The molecule has 1 heterocycles. The van der Waals surface area contributed by atoms with E-state index >= 15 is 0 Å². The Hall–Kier alpha value is -3.14. The predicted octanol–water partition coefficient (Wildman–Crippen LogP) is 4.78. The molecule has 31 heavy (non-hydrogen) atoms. The zero-order valence-electron chi connectivity index (χ0n) is 17.8. The van der Waals surface area contributed by atoms with Gasteiger partial charge in [0.1, 0.15) is 7.41 Å². The second-order valence-corrected chi connectivity index (χ2v) is 6.49. The largest absolute Gasteiger partial charge is 0.481 e. The van der Waals surface area contributed by atoms with Crippen LogP contribution in [0.3, 0.4) is 0 Å². The number of terminal acetylenes is 1. The van der Waals surface area contributed by atoms with E-state index in [1.54, 1.807) is 31.2 Å². The molecule has 0 saturated heterocycles. The summed E-state index contributed by atoms with van der Waals surface area (Å²) in [6.07, 6.45) is 5.73. The summed E-state index contributed by atoms with van der Waals surface area (Å²) in [5, 5.41) is 8.55. The molecule has 3 rings (SSSR count). The SMILES string of the molecule is CC1N=C(c2ccccc2)OC1=O.ClCCl.O=C(O)CCC(=O)c1ccccc1.[2H]C#C. The number of ether oxygens (including phenoxy) is 1. The molecular formula is C23H23Cl2NO5. The van der Waals surface area contributed by atoms with E-state index in [1.165, 1.54) is 6.40 Å². The van der Waals surface area contributed by atoms with Gasteiger partial charge in [0.15, 0.2) is 5.78 Å². The minimum absolute atomic E-state index is 0.0688. The van der Waals surface area contributed by atoms with Gasteiger partial charge in [-0.15, -0.1) is 36.0 Å². The van der Waals surface area contributed by atoms with Crippen molar-refractivity contribution in [3.8, 4) is 12.8 Å². The summed E-state index contributed by atoms with van der Waals surface area (Å²) in [5.74, 6) is -0.913. The Bertz CT molecular complexity index is 915. The van der Waals surface area contributed by atoms with Crippen LogP contribution in [-0.2, 0) is 14.3 Å². The quantitative estimate of drug-likeness (QED) is 0.297. The van der Waals surface area contributed by atoms with Crippen molar-refractivity contribution in [3.05, 3.63) is 71.8 Å². The molecule has 0 fully saturated rings. The van der Waals surface area contributed by atoms with Crippen molar-refractivity contribution in [2.24, 2.45) is 4.99 Å². The summed E-state index contributed by atoms with van der Waals surface area (Å²) >= 11 is 9.53. The molecule has 2 aromatic carbocycles. The standard InChI is InChI=1S/C10H9NO2.C10H10O3.C2H2.CH2Cl2/c1-7-10(12)13-9(11-7)8-5-3-2-4-6-8;11-9(6-7-10(12)13)8-4-2-1-3-5-8;1-2;2-1-3/h2-7H,1H3;1-5H,6-7H2,(H,12,13);1-2H;1H2/i;;1D;. The predicted molar refractivity (Wildman–Crippen MR) is 123 cm³/mol. The third-order valence-electron chi connectivity index (χ3n) is 3.53. The zero-order chi connectivity index (χ0) is 24.4. The molecule has 0 amide bonds. The zero-order valence-corrected chi connectivity index (χ0v) is 18.3. The fourth-order valence-electron chi connectivity index (χ4n) is 2.14. The smallest absolute Gasteiger partial charge is 0.337 e. The molecule has 1 unspecified atom stereocenters. The molecule has 1 aliphatic rings. The van der Waals surface area contributed by atoms with E-state index in [0.29, 0.717) is 11.5 Å². The molecule has 2 aromatic rings. The van der Waals surface area contributed by atoms with E-state index < -0.39 is 5.97 Å². The van der Waals surface area contributed by atoms with Gasteiger partial charge in [-0.1, -0.05) is 48.5 Å². The average Bonchev–Trinajstić information content (AvgIpc) is 3.13. The number of alkyl halides is 2. The monoisotopic (exact) mass is 464 g/mol. The Morgan fingerprint density at radius 1 is 1.10 bits per heavy atom. The third-order valence-corrected chi connectivity index (χ3v) is 3.53. The van der Waals surface area contributed by atoms with Crippen LogP contribution in [0.15, 0.2) is 65.7 Å². The molecule has 0 saturated carbocycles. The molecule has 8 heteroatoms. The maximum Gasteiger partial charge on any atom is 0.337 e. The van der Waals surface area contributed by atoms with Crippen LogP contribution in [0.25, 0.3) is 0 Å². The summed E-state index contributed by atoms with van der Waals surface area (Å²) in [4.78, 5) is 36.6. The lowest BCUT2D eigenvalue weighted by molar-refractivity contribution is -0.137. The van der Waals surface area contributed by atoms with Gasteiger partial charge in [0, 0.05) is 17.5 Å². The van der Waals surface area contributed by atoms with Gasteiger partial charge in [0.2, 0.25) is 5.90 Å². The molecule has 0 bridgehead atoms. The van der Waals surface area contributed by atoms with Crippen molar-refractivity contribution in [3.63, 3.8) is 0 Å².